The summed E-state index contributed by atoms with van der Waals surface area (Å²) in [4.78, 5) is 26.3. The van der Waals surface area contributed by atoms with Crippen LogP contribution in [0.25, 0.3) is 0 Å². The SMILES string of the molecule is COc1ccc(F)cc1CC[C@H]1CC[C@@H](CN2C(=O)c3ccccc3C2=O)O1. The van der Waals surface area contributed by atoms with Gasteiger partial charge in [0.05, 0.1) is 37.0 Å². The molecule has 1 fully saturated rings. The third-order valence-corrected chi connectivity index (χ3v) is 5.44. The van der Waals surface area contributed by atoms with Crippen molar-refractivity contribution in [2.45, 2.75) is 37.9 Å². The molecule has 0 aromatic heterocycles. The predicted molar refractivity (Wildman–Crippen MR) is 101 cm³/mol. The van der Waals surface area contributed by atoms with E-state index in [1.54, 1.807) is 37.4 Å². The van der Waals surface area contributed by atoms with E-state index in [1.807, 2.05) is 0 Å². The molecule has 2 aliphatic rings. The van der Waals surface area contributed by atoms with Crippen LogP contribution in [-0.4, -0.2) is 42.6 Å². The summed E-state index contributed by atoms with van der Waals surface area (Å²) in [5.74, 6) is -0.122. The summed E-state index contributed by atoms with van der Waals surface area (Å²) in [6.07, 6.45) is 2.88. The lowest BCUT2D eigenvalue weighted by Gasteiger charge is -2.20. The van der Waals surface area contributed by atoms with E-state index in [1.165, 1.54) is 17.0 Å². The first-order valence-corrected chi connectivity index (χ1v) is 9.50. The quantitative estimate of drug-likeness (QED) is 0.715. The van der Waals surface area contributed by atoms with Crippen molar-refractivity contribution in [1.82, 2.24) is 4.90 Å². The largest absolute Gasteiger partial charge is 0.496 e. The number of rotatable bonds is 6. The molecule has 0 spiro atoms. The standard InChI is InChI=1S/C22H22FNO4/c1-27-20-11-7-15(23)12-14(20)6-8-16-9-10-17(28-16)13-24-21(25)18-4-2-3-5-19(18)22(24)26/h2-5,7,11-12,16-17H,6,8-10,13H2,1H3/t16-,17-/m0/s1. The van der Waals surface area contributed by atoms with Crippen LogP contribution in [0.2, 0.25) is 0 Å². The van der Waals surface area contributed by atoms with E-state index >= 15 is 0 Å². The van der Waals surface area contributed by atoms with Gasteiger partial charge in [0.1, 0.15) is 11.6 Å². The van der Waals surface area contributed by atoms with Gasteiger partial charge in [0.2, 0.25) is 0 Å². The van der Waals surface area contributed by atoms with Gasteiger partial charge in [-0.1, -0.05) is 12.1 Å². The maximum Gasteiger partial charge on any atom is 0.261 e. The normalized spacial score (nSPS) is 21.3. The highest BCUT2D eigenvalue weighted by atomic mass is 19.1. The van der Waals surface area contributed by atoms with Crippen LogP contribution in [0.15, 0.2) is 42.5 Å². The summed E-state index contributed by atoms with van der Waals surface area (Å²) in [5, 5.41) is 0. The van der Waals surface area contributed by atoms with Gasteiger partial charge in [-0.2, -0.15) is 0 Å². The van der Waals surface area contributed by atoms with Crippen LogP contribution in [-0.2, 0) is 11.2 Å². The van der Waals surface area contributed by atoms with E-state index in [9.17, 15) is 14.0 Å². The summed E-state index contributed by atoms with van der Waals surface area (Å²) in [6, 6.07) is 11.4. The Balaban J connectivity index is 1.34. The molecule has 2 atom stereocenters. The second-order valence-corrected chi connectivity index (χ2v) is 7.22. The maximum absolute atomic E-state index is 13.5. The first-order chi connectivity index (χ1) is 13.6. The third-order valence-electron chi connectivity index (χ3n) is 5.44. The van der Waals surface area contributed by atoms with Gasteiger partial charge in [-0.05, 0) is 61.6 Å². The van der Waals surface area contributed by atoms with Crippen molar-refractivity contribution in [2.24, 2.45) is 0 Å². The lowest BCUT2D eigenvalue weighted by Crippen LogP contribution is -2.37. The molecule has 2 amide bonds. The molecule has 0 bridgehead atoms. The first-order valence-electron chi connectivity index (χ1n) is 9.50. The Labute approximate surface area is 163 Å². The molecule has 4 rings (SSSR count). The number of imide groups is 1. The lowest BCUT2D eigenvalue weighted by atomic mass is 10.0. The van der Waals surface area contributed by atoms with Crippen LogP contribution in [0.4, 0.5) is 4.39 Å². The zero-order chi connectivity index (χ0) is 19.7. The van der Waals surface area contributed by atoms with Crippen molar-refractivity contribution in [3.05, 3.63) is 65.0 Å². The van der Waals surface area contributed by atoms with Crippen LogP contribution in [0, 0.1) is 5.82 Å². The number of ether oxygens (including phenoxy) is 2. The average molecular weight is 383 g/mol. The van der Waals surface area contributed by atoms with Crippen LogP contribution in [0.5, 0.6) is 5.75 Å². The van der Waals surface area contributed by atoms with Crippen molar-refractivity contribution in [3.63, 3.8) is 0 Å². The Morgan fingerprint density at radius 3 is 2.43 bits per heavy atom. The van der Waals surface area contributed by atoms with Gasteiger partial charge in [-0.3, -0.25) is 14.5 Å². The smallest absolute Gasteiger partial charge is 0.261 e. The Morgan fingerprint density at radius 2 is 1.75 bits per heavy atom. The Kier molecular flexibility index (Phi) is 5.13. The van der Waals surface area contributed by atoms with Crippen molar-refractivity contribution in [2.75, 3.05) is 13.7 Å². The Hall–Kier alpha value is -2.73. The number of hydrogen-bond acceptors (Lipinski definition) is 4. The molecule has 0 N–H and O–H groups in total. The third kappa shape index (κ3) is 3.52. The zero-order valence-electron chi connectivity index (χ0n) is 15.7. The minimum absolute atomic E-state index is 0.0214. The molecule has 0 aliphatic carbocycles. The number of fused-ring (bicyclic) bond motifs is 1. The summed E-state index contributed by atoms with van der Waals surface area (Å²) >= 11 is 0. The molecular formula is C22H22FNO4. The van der Waals surface area contributed by atoms with Gasteiger partial charge in [0.15, 0.2) is 0 Å². The number of carbonyl (C=O) groups excluding carboxylic acids is 2. The van der Waals surface area contributed by atoms with Gasteiger partial charge in [0, 0.05) is 0 Å². The van der Waals surface area contributed by atoms with Gasteiger partial charge in [0.25, 0.3) is 11.8 Å². The van der Waals surface area contributed by atoms with Crippen molar-refractivity contribution in [3.8, 4) is 5.75 Å². The first kappa shape index (κ1) is 18.6. The van der Waals surface area contributed by atoms with Gasteiger partial charge in [-0.25, -0.2) is 4.39 Å². The zero-order valence-corrected chi connectivity index (χ0v) is 15.7. The van der Waals surface area contributed by atoms with Crippen molar-refractivity contribution >= 4 is 11.8 Å². The van der Waals surface area contributed by atoms with Crippen LogP contribution in [0.1, 0.15) is 45.5 Å². The number of nitrogens with zero attached hydrogens (tertiary/aromatic N) is 1. The highest BCUT2D eigenvalue weighted by Gasteiger charge is 2.38. The molecule has 2 heterocycles. The maximum atomic E-state index is 13.5. The van der Waals surface area contributed by atoms with Gasteiger partial charge >= 0.3 is 0 Å². The van der Waals surface area contributed by atoms with E-state index in [2.05, 4.69) is 0 Å². The second-order valence-electron chi connectivity index (χ2n) is 7.22. The fourth-order valence-corrected chi connectivity index (χ4v) is 3.99. The summed E-state index contributed by atoms with van der Waals surface area (Å²) in [6.45, 7) is 0.270. The molecule has 1 saturated heterocycles. The van der Waals surface area contributed by atoms with E-state index in [4.69, 9.17) is 9.47 Å². The topological polar surface area (TPSA) is 55.8 Å². The number of halogens is 1. The lowest BCUT2D eigenvalue weighted by molar-refractivity contribution is 0.0195. The Bertz CT molecular complexity index is 878. The van der Waals surface area contributed by atoms with Crippen LogP contribution in [0.3, 0.4) is 0 Å². The number of benzene rings is 2. The number of hydrogen-bond donors (Lipinski definition) is 0. The number of carbonyl (C=O) groups is 2. The minimum atomic E-state index is -0.286. The molecular weight excluding hydrogens is 361 g/mol. The van der Waals surface area contributed by atoms with Crippen LogP contribution >= 0.6 is 0 Å². The van der Waals surface area contributed by atoms with Gasteiger partial charge in [-0.15, -0.1) is 0 Å². The summed E-state index contributed by atoms with van der Waals surface area (Å²) in [7, 11) is 1.57. The fraction of sp³-hybridized carbons (Fsp3) is 0.364. The molecule has 2 aromatic rings. The molecule has 6 heteroatoms. The fourth-order valence-electron chi connectivity index (χ4n) is 3.99. The van der Waals surface area contributed by atoms with E-state index < -0.39 is 0 Å². The number of aryl methyl sites for hydroxylation is 1. The molecule has 0 saturated carbocycles. The van der Waals surface area contributed by atoms with Crippen molar-refractivity contribution < 1.29 is 23.5 Å². The molecule has 0 unspecified atom stereocenters. The minimum Gasteiger partial charge on any atom is -0.496 e. The highest BCUT2D eigenvalue weighted by Crippen LogP contribution is 2.29. The van der Waals surface area contributed by atoms with E-state index in [0.717, 1.165) is 24.8 Å². The molecule has 2 aliphatic heterocycles. The predicted octanol–water partition coefficient (Wildman–Crippen LogP) is 3.61. The molecule has 5 nitrogen and oxygen atoms in total. The average Bonchev–Trinajstić information content (AvgIpc) is 3.25. The summed E-state index contributed by atoms with van der Waals surface area (Å²) in [5.41, 5.74) is 1.73. The second kappa shape index (κ2) is 7.72. The molecule has 0 radical (unpaired) electrons. The number of amides is 2. The van der Waals surface area contributed by atoms with Crippen molar-refractivity contribution in [1.29, 1.82) is 0 Å². The van der Waals surface area contributed by atoms with Gasteiger partial charge < -0.3 is 9.47 Å². The molecule has 146 valence electrons. The monoisotopic (exact) mass is 383 g/mol. The Morgan fingerprint density at radius 1 is 1.07 bits per heavy atom. The van der Waals surface area contributed by atoms with E-state index in [-0.39, 0.29) is 36.4 Å². The molecule has 2 aromatic carbocycles. The van der Waals surface area contributed by atoms with Crippen LogP contribution < -0.4 is 4.74 Å². The highest BCUT2D eigenvalue weighted by molar-refractivity contribution is 6.21. The molecule has 28 heavy (non-hydrogen) atoms. The van der Waals surface area contributed by atoms with E-state index in [0.29, 0.717) is 23.3 Å². The summed E-state index contributed by atoms with van der Waals surface area (Å²) < 4.78 is 24.9. The number of methoxy groups -OCH3 is 1.